The number of hydrogen-bond donors (Lipinski definition) is 1. The van der Waals surface area contributed by atoms with Gasteiger partial charge in [0, 0.05) is 17.4 Å². The Balaban J connectivity index is 1.99. The fraction of sp³-hybridized carbons (Fsp3) is 0.250. The fourth-order valence-electron chi connectivity index (χ4n) is 3.55. The lowest BCUT2D eigenvalue weighted by Crippen LogP contribution is -2.33. The molecule has 0 bridgehead atoms. The van der Waals surface area contributed by atoms with Crippen molar-refractivity contribution in [2.45, 2.75) is 30.2 Å². The van der Waals surface area contributed by atoms with E-state index in [1.54, 1.807) is 44.2 Å². The summed E-state index contributed by atoms with van der Waals surface area (Å²) in [4.78, 5) is 25.4. The molecule has 3 rings (SSSR count). The zero-order chi connectivity index (χ0) is 25.0. The van der Waals surface area contributed by atoms with Gasteiger partial charge in [-0.05, 0) is 61.9 Å². The van der Waals surface area contributed by atoms with Gasteiger partial charge in [0.15, 0.2) is 11.5 Å². The fourth-order valence-corrected chi connectivity index (χ4v) is 5.12. The summed E-state index contributed by atoms with van der Waals surface area (Å²) in [5.74, 6) is 0.726. The molecule has 1 heterocycles. The second-order valence-electron chi connectivity index (χ2n) is 7.49. The lowest BCUT2D eigenvalue weighted by molar-refractivity contribution is -0.116. The van der Waals surface area contributed by atoms with Crippen LogP contribution in [0.15, 0.2) is 63.1 Å². The third-order valence-electron chi connectivity index (χ3n) is 5.26. The predicted molar refractivity (Wildman–Crippen MR) is 127 cm³/mol. The van der Waals surface area contributed by atoms with Crippen molar-refractivity contribution in [2.24, 2.45) is 0 Å². The van der Waals surface area contributed by atoms with Crippen LogP contribution in [0.3, 0.4) is 0 Å². The first-order valence-corrected chi connectivity index (χ1v) is 11.7. The first kappa shape index (κ1) is 24.8. The summed E-state index contributed by atoms with van der Waals surface area (Å²) < 4.78 is 43.4. The maximum absolute atomic E-state index is 13.4. The first-order chi connectivity index (χ1) is 16.1. The molecule has 0 fully saturated rings. The molecule has 3 aromatic rings. The van der Waals surface area contributed by atoms with Crippen LogP contribution in [0.2, 0.25) is 0 Å². The summed E-state index contributed by atoms with van der Waals surface area (Å²) >= 11 is 0. The van der Waals surface area contributed by atoms with Gasteiger partial charge in [0.2, 0.25) is 15.7 Å². The van der Waals surface area contributed by atoms with E-state index in [-0.39, 0.29) is 22.8 Å². The number of pyridine rings is 1. The minimum atomic E-state index is -4.21. The van der Waals surface area contributed by atoms with E-state index < -0.39 is 26.2 Å². The minimum absolute atomic E-state index is 0.122. The average Bonchev–Trinajstić information content (AvgIpc) is 2.81. The summed E-state index contributed by atoms with van der Waals surface area (Å²) in [5, 5.41) is 2.69. The normalized spacial score (nSPS) is 11.1. The number of hydrogen-bond acceptors (Lipinski definition) is 7. The highest BCUT2D eigenvalue weighted by Crippen LogP contribution is 2.32. The van der Waals surface area contributed by atoms with Crippen LogP contribution < -0.4 is 25.1 Å². The van der Waals surface area contributed by atoms with Crippen LogP contribution in [-0.4, -0.2) is 40.2 Å². The molecule has 34 heavy (non-hydrogen) atoms. The Morgan fingerprint density at radius 1 is 0.912 bits per heavy atom. The van der Waals surface area contributed by atoms with Crippen molar-refractivity contribution in [2.75, 3.05) is 26.6 Å². The molecule has 2 aromatic carbocycles. The molecular formula is C24H26N2O7S. The average molecular weight is 487 g/mol. The van der Waals surface area contributed by atoms with E-state index in [9.17, 15) is 18.0 Å². The van der Waals surface area contributed by atoms with E-state index in [0.717, 1.165) is 4.57 Å². The molecule has 0 atom stereocenters. The lowest BCUT2D eigenvalue weighted by atomic mass is 10.2. The highest BCUT2D eigenvalue weighted by Gasteiger charge is 2.27. The summed E-state index contributed by atoms with van der Waals surface area (Å²) in [7, 11) is 0.147. The number of carbonyl (C=O) groups excluding carboxylic acids is 1. The number of anilines is 1. The zero-order valence-corrected chi connectivity index (χ0v) is 20.4. The second kappa shape index (κ2) is 10.0. The Hall–Kier alpha value is -3.79. The first-order valence-electron chi connectivity index (χ1n) is 10.2. The van der Waals surface area contributed by atoms with E-state index in [4.69, 9.17) is 14.2 Å². The minimum Gasteiger partial charge on any atom is -0.497 e. The molecule has 1 N–H and O–H groups in total. The molecule has 9 nitrogen and oxygen atoms in total. The molecule has 1 amide bonds. The van der Waals surface area contributed by atoms with Crippen LogP contribution in [-0.2, 0) is 21.2 Å². The number of benzene rings is 2. The summed E-state index contributed by atoms with van der Waals surface area (Å²) in [6.45, 7) is 2.83. The zero-order valence-electron chi connectivity index (χ0n) is 19.5. The van der Waals surface area contributed by atoms with Gasteiger partial charge in [-0.3, -0.25) is 9.59 Å². The van der Waals surface area contributed by atoms with Crippen LogP contribution in [0.1, 0.15) is 11.3 Å². The van der Waals surface area contributed by atoms with Gasteiger partial charge in [0.1, 0.15) is 17.2 Å². The summed E-state index contributed by atoms with van der Waals surface area (Å²) in [6, 6.07) is 12.4. The van der Waals surface area contributed by atoms with Gasteiger partial charge in [-0.1, -0.05) is 0 Å². The van der Waals surface area contributed by atoms with Crippen LogP contribution >= 0.6 is 0 Å². The molecule has 180 valence electrons. The van der Waals surface area contributed by atoms with Crippen LogP contribution in [0, 0.1) is 13.8 Å². The maximum atomic E-state index is 13.4. The van der Waals surface area contributed by atoms with Crippen molar-refractivity contribution in [1.29, 1.82) is 0 Å². The van der Waals surface area contributed by atoms with Gasteiger partial charge < -0.3 is 24.1 Å². The third kappa shape index (κ3) is 4.91. The van der Waals surface area contributed by atoms with Crippen molar-refractivity contribution < 1.29 is 27.4 Å². The molecule has 0 aliphatic rings. The molecule has 0 spiro atoms. The number of nitrogens with zero attached hydrogens (tertiary/aromatic N) is 1. The van der Waals surface area contributed by atoms with Gasteiger partial charge >= 0.3 is 0 Å². The number of carbonyl (C=O) groups is 1. The Morgan fingerprint density at radius 3 is 2.15 bits per heavy atom. The molecule has 0 aliphatic carbocycles. The van der Waals surface area contributed by atoms with Gasteiger partial charge in [0.05, 0.1) is 26.2 Å². The number of nitrogens with one attached hydrogen (secondary N) is 1. The van der Waals surface area contributed by atoms with Crippen LogP contribution in [0.4, 0.5) is 5.69 Å². The lowest BCUT2D eigenvalue weighted by Gasteiger charge is -2.16. The molecule has 0 aliphatic heterocycles. The van der Waals surface area contributed by atoms with Crippen LogP contribution in [0.5, 0.6) is 17.2 Å². The largest absolute Gasteiger partial charge is 0.497 e. The van der Waals surface area contributed by atoms with Crippen molar-refractivity contribution in [3.05, 3.63) is 70.1 Å². The molecule has 10 heteroatoms. The summed E-state index contributed by atoms with van der Waals surface area (Å²) in [6.07, 6.45) is 0. The van der Waals surface area contributed by atoms with E-state index in [1.165, 1.54) is 39.5 Å². The van der Waals surface area contributed by atoms with E-state index in [1.807, 2.05) is 0 Å². The molecule has 0 saturated carbocycles. The Bertz CT molecular complexity index is 1380. The van der Waals surface area contributed by atoms with Gasteiger partial charge in [0.25, 0.3) is 5.56 Å². The Labute approximate surface area is 197 Å². The van der Waals surface area contributed by atoms with E-state index >= 15 is 0 Å². The quantitative estimate of drug-likeness (QED) is 0.521. The molecule has 1 aromatic heterocycles. The van der Waals surface area contributed by atoms with Gasteiger partial charge in [-0.15, -0.1) is 0 Å². The van der Waals surface area contributed by atoms with E-state index in [2.05, 4.69) is 5.32 Å². The SMILES string of the molecule is COc1ccc(NC(=O)Cn2c(C)cc(C)c(S(=O)(=O)c3ccc(OC)c(OC)c3)c2=O)cc1. The predicted octanol–water partition coefficient (Wildman–Crippen LogP) is 2.96. The maximum Gasteiger partial charge on any atom is 0.270 e. The highest BCUT2D eigenvalue weighted by atomic mass is 32.2. The topological polar surface area (TPSA) is 113 Å². The third-order valence-corrected chi connectivity index (χ3v) is 7.17. The number of methoxy groups -OCH3 is 3. The molecule has 0 saturated heterocycles. The number of sulfone groups is 1. The second-order valence-corrected chi connectivity index (χ2v) is 9.37. The van der Waals surface area contributed by atoms with Gasteiger partial charge in [-0.25, -0.2) is 8.42 Å². The molecular weight excluding hydrogens is 460 g/mol. The van der Waals surface area contributed by atoms with Crippen molar-refractivity contribution in [3.8, 4) is 17.2 Å². The molecule has 0 radical (unpaired) electrons. The number of ether oxygens (including phenoxy) is 3. The summed E-state index contributed by atoms with van der Waals surface area (Å²) in [5.41, 5.74) is 0.474. The van der Waals surface area contributed by atoms with Crippen molar-refractivity contribution in [1.82, 2.24) is 4.57 Å². The number of amides is 1. The highest BCUT2D eigenvalue weighted by molar-refractivity contribution is 7.91. The Morgan fingerprint density at radius 2 is 1.56 bits per heavy atom. The molecule has 0 unspecified atom stereocenters. The number of rotatable bonds is 8. The number of aromatic nitrogens is 1. The standard InChI is InChI=1S/C24H26N2O7S/c1-15-12-16(2)26(14-22(27)25-17-6-8-18(31-3)9-7-17)24(28)23(15)34(29,30)19-10-11-20(32-4)21(13-19)33-5/h6-13H,14H2,1-5H3,(H,25,27). The smallest absolute Gasteiger partial charge is 0.270 e. The van der Waals surface area contributed by atoms with E-state index in [0.29, 0.717) is 22.9 Å². The monoisotopic (exact) mass is 486 g/mol. The van der Waals surface area contributed by atoms with Crippen molar-refractivity contribution >= 4 is 21.4 Å². The number of aryl methyl sites for hydroxylation is 2. The van der Waals surface area contributed by atoms with Gasteiger partial charge in [-0.2, -0.15) is 0 Å². The van der Waals surface area contributed by atoms with Crippen molar-refractivity contribution in [3.63, 3.8) is 0 Å². The Kier molecular flexibility index (Phi) is 7.31. The van der Waals surface area contributed by atoms with Crippen LogP contribution in [0.25, 0.3) is 0 Å².